The standard InChI is InChI=1S/C12H18N2O12/c15-7(1-3-13(20)21)24-5-6-9(17)10(18)11(12(19)25-6)26-8(16)2-4-14(22)23/h6,9-12,17-19H,1-5H2/t6-,9-,10+,11-,12?/m1/s1. The Balaban J connectivity index is 2.52. The normalized spacial score (nSPS) is 28.2. The van der Waals surface area contributed by atoms with Gasteiger partial charge in [-0.25, -0.2) is 0 Å². The van der Waals surface area contributed by atoms with Gasteiger partial charge in [-0.3, -0.25) is 29.8 Å². The van der Waals surface area contributed by atoms with Gasteiger partial charge in [-0.05, 0) is 0 Å². The van der Waals surface area contributed by atoms with Crippen molar-refractivity contribution in [2.75, 3.05) is 19.7 Å². The minimum atomic E-state index is -1.89. The Kier molecular flexibility index (Phi) is 8.24. The molecule has 1 fully saturated rings. The molecule has 5 atom stereocenters. The summed E-state index contributed by atoms with van der Waals surface area (Å²) in [5.74, 6) is -2.04. The van der Waals surface area contributed by atoms with E-state index in [4.69, 9.17) is 4.74 Å². The molecule has 1 rings (SSSR count). The number of esters is 2. The highest BCUT2D eigenvalue weighted by Gasteiger charge is 2.46. The zero-order chi connectivity index (χ0) is 19.9. The largest absolute Gasteiger partial charge is 0.463 e. The number of hydrogen-bond donors (Lipinski definition) is 3. The van der Waals surface area contributed by atoms with Gasteiger partial charge in [0, 0.05) is 9.85 Å². The van der Waals surface area contributed by atoms with E-state index >= 15 is 0 Å². The summed E-state index contributed by atoms with van der Waals surface area (Å²) >= 11 is 0. The zero-order valence-corrected chi connectivity index (χ0v) is 13.3. The predicted octanol–water partition coefficient (Wildman–Crippen LogP) is -2.79. The third kappa shape index (κ3) is 6.83. The molecule has 0 bridgehead atoms. The maximum absolute atomic E-state index is 11.4. The Bertz CT molecular complexity index is 538. The number of hydrogen-bond acceptors (Lipinski definition) is 12. The van der Waals surface area contributed by atoms with E-state index in [0.29, 0.717) is 0 Å². The number of nitrogens with zero attached hydrogens (tertiary/aromatic N) is 2. The summed E-state index contributed by atoms with van der Waals surface area (Å²) in [6.07, 6.45) is -9.65. The second kappa shape index (κ2) is 9.91. The van der Waals surface area contributed by atoms with Crippen LogP contribution in [0.1, 0.15) is 12.8 Å². The summed E-state index contributed by atoms with van der Waals surface area (Å²) in [6.45, 7) is -1.99. The van der Waals surface area contributed by atoms with Gasteiger partial charge in [0.1, 0.15) is 37.8 Å². The molecule has 0 aromatic heterocycles. The quantitative estimate of drug-likeness (QED) is 0.210. The highest BCUT2D eigenvalue weighted by Crippen LogP contribution is 2.23. The zero-order valence-electron chi connectivity index (χ0n) is 13.3. The van der Waals surface area contributed by atoms with Crippen LogP contribution in [0.3, 0.4) is 0 Å². The summed E-state index contributed by atoms with van der Waals surface area (Å²) in [5.41, 5.74) is 0. The van der Waals surface area contributed by atoms with Crippen molar-refractivity contribution >= 4 is 11.9 Å². The fourth-order valence-electron chi connectivity index (χ4n) is 2.01. The lowest BCUT2D eigenvalue weighted by Gasteiger charge is -2.39. The Labute approximate surface area is 145 Å². The molecule has 0 saturated carbocycles. The molecule has 0 aliphatic carbocycles. The molecular weight excluding hydrogens is 364 g/mol. The molecule has 148 valence electrons. The van der Waals surface area contributed by atoms with Crippen molar-refractivity contribution < 1.29 is 49.0 Å². The van der Waals surface area contributed by atoms with Crippen LogP contribution in [0.25, 0.3) is 0 Å². The van der Waals surface area contributed by atoms with Crippen LogP contribution in [0.15, 0.2) is 0 Å². The third-order valence-electron chi connectivity index (χ3n) is 3.34. The molecule has 26 heavy (non-hydrogen) atoms. The van der Waals surface area contributed by atoms with E-state index in [1.807, 2.05) is 0 Å². The van der Waals surface area contributed by atoms with Crippen LogP contribution in [0.2, 0.25) is 0 Å². The van der Waals surface area contributed by atoms with Crippen molar-refractivity contribution in [2.45, 2.75) is 43.5 Å². The van der Waals surface area contributed by atoms with Crippen LogP contribution in [0.5, 0.6) is 0 Å². The fraction of sp³-hybridized carbons (Fsp3) is 0.833. The molecule has 1 unspecified atom stereocenters. The molecule has 1 aliphatic rings. The van der Waals surface area contributed by atoms with Crippen LogP contribution >= 0.6 is 0 Å². The second-order valence-electron chi connectivity index (χ2n) is 5.30. The first-order valence-electron chi connectivity index (χ1n) is 7.40. The van der Waals surface area contributed by atoms with Crippen LogP contribution in [0, 0.1) is 20.2 Å². The van der Waals surface area contributed by atoms with E-state index in [2.05, 4.69) is 9.47 Å². The minimum absolute atomic E-state index is 0.516. The van der Waals surface area contributed by atoms with Crippen LogP contribution < -0.4 is 0 Å². The summed E-state index contributed by atoms with van der Waals surface area (Å²) in [5, 5.41) is 49.9. The second-order valence-corrected chi connectivity index (χ2v) is 5.30. The minimum Gasteiger partial charge on any atom is -0.463 e. The number of aliphatic hydroxyl groups excluding tert-OH is 3. The van der Waals surface area contributed by atoms with E-state index < -0.39 is 85.0 Å². The third-order valence-corrected chi connectivity index (χ3v) is 3.34. The number of rotatable bonds is 9. The number of carbonyl (C=O) groups is 2. The van der Waals surface area contributed by atoms with Crippen molar-refractivity contribution in [3.8, 4) is 0 Å². The summed E-state index contributed by atoms with van der Waals surface area (Å²) in [6, 6.07) is 0. The lowest BCUT2D eigenvalue weighted by Crippen LogP contribution is -2.60. The maximum atomic E-state index is 11.4. The molecule has 1 aliphatic heterocycles. The van der Waals surface area contributed by atoms with Gasteiger partial charge in [-0.2, -0.15) is 0 Å². The van der Waals surface area contributed by atoms with Gasteiger partial charge < -0.3 is 29.5 Å². The molecule has 0 spiro atoms. The molecular formula is C12H18N2O12. The maximum Gasteiger partial charge on any atom is 0.313 e. The summed E-state index contributed by atoms with van der Waals surface area (Å²) < 4.78 is 14.2. The Morgan fingerprint density at radius 2 is 1.50 bits per heavy atom. The van der Waals surface area contributed by atoms with Crippen molar-refractivity contribution in [1.82, 2.24) is 0 Å². The van der Waals surface area contributed by atoms with Crippen LogP contribution in [0.4, 0.5) is 0 Å². The molecule has 14 heteroatoms. The Hall–Kier alpha value is -2.42. The van der Waals surface area contributed by atoms with E-state index in [0.717, 1.165) is 0 Å². The van der Waals surface area contributed by atoms with Crippen LogP contribution in [-0.2, 0) is 23.8 Å². The molecule has 3 N–H and O–H groups in total. The van der Waals surface area contributed by atoms with E-state index in [9.17, 15) is 45.1 Å². The number of nitro groups is 2. The lowest BCUT2D eigenvalue weighted by molar-refractivity contribution is -0.479. The Morgan fingerprint density at radius 1 is 0.962 bits per heavy atom. The van der Waals surface area contributed by atoms with Gasteiger partial charge >= 0.3 is 11.9 Å². The summed E-state index contributed by atoms with van der Waals surface area (Å²) in [4.78, 5) is 41.6. The average molecular weight is 382 g/mol. The van der Waals surface area contributed by atoms with Crippen molar-refractivity contribution in [3.05, 3.63) is 20.2 Å². The first-order valence-corrected chi connectivity index (χ1v) is 7.40. The highest BCUT2D eigenvalue weighted by molar-refractivity contribution is 5.70. The van der Waals surface area contributed by atoms with Crippen molar-refractivity contribution in [2.24, 2.45) is 0 Å². The van der Waals surface area contributed by atoms with Gasteiger partial charge in [-0.1, -0.05) is 0 Å². The van der Waals surface area contributed by atoms with Crippen molar-refractivity contribution in [1.29, 1.82) is 0 Å². The molecule has 0 aromatic rings. The summed E-state index contributed by atoms with van der Waals surface area (Å²) in [7, 11) is 0. The topological polar surface area (TPSA) is 209 Å². The Morgan fingerprint density at radius 3 is 2.04 bits per heavy atom. The number of aliphatic hydroxyl groups is 3. The number of ether oxygens (including phenoxy) is 3. The molecule has 14 nitrogen and oxygen atoms in total. The fourth-order valence-corrected chi connectivity index (χ4v) is 2.01. The first-order chi connectivity index (χ1) is 12.1. The van der Waals surface area contributed by atoms with E-state index in [1.165, 1.54) is 0 Å². The van der Waals surface area contributed by atoms with Gasteiger partial charge in [0.15, 0.2) is 12.4 Å². The lowest BCUT2D eigenvalue weighted by atomic mass is 9.99. The van der Waals surface area contributed by atoms with Gasteiger partial charge in [0.05, 0.1) is 0 Å². The average Bonchev–Trinajstić information content (AvgIpc) is 2.56. The molecule has 0 amide bonds. The van der Waals surface area contributed by atoms with Crippen LogP contribution in [-0.4, -0.2) is 87.5 Å². The molecule has 1 saturated heterocycles. The monoisotopic (exact) mass is 382 g/mol. The van der Waals surface area contributed by atoms with E-state index in [-0.39, 0.29) is 0 Å². The SMILES string of the molecule is O=C(CC[N+](=O)[O-])OC[C@H]1OC(O)[C@H](OC(=O)CC[N+](=O)[O-])[C@@H](O)[C@@H]1O. The predicted molar refractivity (Wildman–Crippen MR) is 76.7 cm³/mol. The van der Waals surface area contributed by atoms with Gasteiger partial charge in [0.25, 0.3) is 0 Å². The first kappa shape index (κ1) is 21.6. The van der Waals surface area contributed by atoms with E-state index in [1.54, 1.807) is 0 Å². The number of carbonyl (C=O) groups excluding carboxylic acids is 2. The van der Waals surface area contributed by atoms with Crippen molar-refractivity contribution in [3.63, 3.8) is 0 Å². The molecule has 1 heterocycles. The highest BCUT2D eigenvalue weighted by atomic mass is 16.7. The smallest absolute Gasteiger partial charge is 0.313 e. The van der Waals surface area contributed by atoms with Gasteiger partial charge in [-0.15, -0.1) is 0 Å². The molecule has 0 aromatic carbocycles. The molecule has 0 radical (unpaired) electrons. The van der Waals surface area contributed by atoms with Gasteiger partial charge in [0.2, 0.25) is 13.1 Å².